The largest absolute Gasteiger partial charge is 0.463 e. The van der Waals surface area contributed by atoms with Gasteiger partial charge in [0.1, 0.15) is 5.76 Å². The van der Waals surface area contributed by atoms with Crippen LogP contribution in [0.2, 0.25) is 0 Å². The van der Waals surface area contributed by atoms with Gasteiger partial charge in [0.2, 0.25) is 6.10 Å². The third-order valence-corrected chi connectivity index (χ3v) is 2.35. The van der Waals surface area contributed by atoms with Gasteiger partial charge < -0.3 is 14.2 Å². The molecule has 0 aliphatic carbocycles. The van der Waals surface area contributed by atoms with Gasteiger partial charge in [-0.25, -0.2) is 9.59 Å². The van der Waals surface area contributed by atoms with E-state index in [0.29, 0.717) is 6.42 Å². The number of hydrogen-bond donors (Lipinski definition) is 0. The van der Waals surface area contributed by atoms with Crippen LogP contribution in [0, 0.1) is 0 Å². The van der Waals surface area contributed by atoms with E-state index < -0.39 is 24.0 Å². The Hall–Kier alpha value is -2.11. The molecule has 0 amide bonds. The van der Waals surface area contributed by atoms with Crippen molar-refractivity contribution in [2.45, 2.75) is 32.3 Å². The van der Waals surface area contributed by atoms with Gasteiger partial charge in [-0.05, 0) is 6.92 Å². The summed E-state index contributed by atoms with van der Waals surface area (Å²) in [5.74, 6) is -1.52. The predicted octanol–water partition coefficient (Wildman–Crippen LogP) is 1.26. The first-order chi connectivity index (χ1) is 8.90. The summed E-state index contributed by atoms with van der Waals surface area (Å²) in [4.78, 5) is 33.7. The lowest BCUT2D eigenvalue weighted by molar-refractivity contribution is -0.160. The van der Waals surface area contributed by atoms with Gasteiger partial charge in [0.15, 0.2) is 0 Å². The van der Waals surface area contributed by atoms with Crippen molar-refractivity contribution in [2.24, 2.45) is 0 Å². The Morgan fingerprint density at radius 2 is 2.05 bits per heavy atom. The molecule has 104 valence electrons. The van der Waals surface area contributed by atoms with Crippen LogP contribution in [0.25, 0.3) is 0 Å². The fraction of sp³-hybridized carbons (Fsp3) is 0.462. The van der Waals surface area contributed by atoms with E-state index in [1.54, 1.807) is 0 Å². The first kappa shape index (κ1) is 14.9. The number of ether oxygens (including phenoxy) is 3. The molecule has 1 rings (SSSR count). The minimum Gasteiger partial charge on any atom is -0.463 e. The highest BCUT2D eigenvalue weighted by atomic mass is 16.6. The molecule has 1 aliphatic heterocycles. The highest BCUT2D eigenvalue weighted by Crippen LogP contribution is 2.13. The van der Waals surface area contributed by atoms with Crippen LogP contribution in [0.3, 0.4) is 0 Å². The lowest BCUT2D eigenvalue weighted by Gasteiger charge is -2.09. The molecule has 0 radical (unpaired) electrons. The van der Waals surface area contributed by atoms with Gasteiger partial charge in [0, 0.05) is 18.4 Å². The second-order valence-electron chi connectivity index (χ2n) is 4.14. The normalized spacial score (nSPS) is 17.5. The van der Waals surface area contributed by atoms with E-state index in [2.05, 4.69) is 17.9 Å². The lowest BCUT2D eigenvalue weighted by Crippen LogP contribution is -2.22. The average Bonchev–Trinajstić information content (AvgIpc) is 2.72. The Morgan fingerprint density at radius 3 is 2.58 bits per heavy atom. The van der Waals surface area contributed by atoms with Crippen LogP contribution < -0.4 is 0 Å². The molecule has 0 N–H and O–H groups in total. The molecular formula is C13H16O6. The number of carbonyl (C=O) groups is 3. The fourth-order valence-corrected chi connectivity index (χ4v) is 1.31. The van der Waals surface area contributed by atoms with E-state index in [-0.39, 0.29) is 30.8 Å². The molecule has 0 spiro atoms. The zero-order valence-corrected chi connectivity index (χ0v) is 10.8. The zero-order valence-electron chi connectivity index (χ0n) is 10.8. The Bertz CT molecular complexity index is 423. The van der Waals surface area contributed by atoms with Crippen molar-refractivity contribution in [1.82, 2.24) is 0 Å². The first-order valence-corrected chi connectivity index (χ1v) is 5.81. The molecular weight excluding hydrogens is 252 g/mol. The van der Waals surface area contributed by atoms with Crippen molar-refractivity contribution >= 4 is 17.9 Å². The highest BCUT2D eigenvalue weighted by Gasteiger charge is 2.29. The van der Waals surface area contributed by atoms with Gasteiger partial charge in [0.05, 0.1) is 13.0 Å². The van der Waals surface area contributed by atoms with Crippen molar-refractivity contribution in [2.75, 3.05) is 6.61 Å². The molecule has 1 atom stereocenters. The van der Waals surface area contributed by atoms with Crippen LogP contribution in [0.1, 0.15) is 26.2 Å². The molecule has 1 aliphatic rings. The molecule has 0 aromatic rings. The summed E-state index contributed by atoms with van der Waals surface area (Å²) < 4.78 is 14.4. The van der Waals surface area contributed by atoms with E-state index in [0.717, 1.165) is 0 Å². The maximum atomic E-state index is 11.4. The summed E-state index contributed by atoms with van der Waals surface area (Å²) in [6, 6.07) is 0. The lowest BCUT2D eigenvalue weighted by atomic mass is 10.2. The van der Waals surface area contributed by atoms with E-state index >= 15 is 0 Å². The molecule has 1 saturated heterocycles. The second-order valence-corrected chi connectivity index (χ2v) is 4.14. The summed E-state index contributed by atoms with van der Waals surface area (Å²) in [6.45, 7) is 8.71. The Morgan fingerprint density at radius 1 is 1.37 bits per heavy atom. The maximum absolute atomic E-state index is 11.4. The van der Waals surface area contributed by atoms with E-state index in [4.69, 9.17) is 9.47 Å². The van der Waals surface area contributed by atoms with Crippen LogP contribution in [0.5, 0.6) is 0 Å². The zero-order chi connectivity index (χ0) is 14.4. The molecule has 6 heteroatoms. The molecule has 1 heterocycles. The summed E-state index contributed by atoms with van der Waals surface area (Å²) in [6.07, 6.45) is -0.333. The van der Waals surface area contributed by atoms with Crippen LogP contribution in [0.4, 0.5) is 0 Å². The van der Waals surface area contributed by atoms with E-state index in [1.807, 2.05) is 0 Å². The van der Waals surface area contributed by atoms with Gasteiger partial charge in [-0.1, -0.05) is 13.2 Å². The van der Waals surface area contributed by atoms with Gasteiger partial charge in [-0.2, -0.15) is 0 Å². The number of esters is 3. The Balaban J connectivity index is 2.26. The quantitative estimate of drug-likeness (QED) is 0.312. The molecule has 0 aromatic heterocycles. The minimum atomic E-state index is -0.821. The smallest absolute Gasteiger partial charge is 0.347 e. The van der Waals surface area contributed by atoms with Crippen LogP contribution >= 0.6 is 0 Å². The van der Waals surface area contributed by atoms with Crippen molar-refractivity contribution in [3.8, 4) is 0 Å². The number of rotatable bonds is 6. The summed E-state index contributed by atoms with van der Waals surface area (Å²) in [5, 5.41) is 0. The van der Waals surface area contributed by atoms with Crippen LogP contribution in [-0.2, 0) is 28.6 Å². The van der Waals surface area contributed by atoms with Gasteiger partial charge in [-0.3, -0.25) is 4.79 Å². The Kier molecular flexibility index (Phi) is 5.29. The Labute approximate surface area is 111 Å². The molecule has 6 nitrogen and oxygen atoms in total. The fourth-order valence-electron chi connectivity index (χ4n) is 1.31. The molecule has 19 heavy (non-hydrogen) atoms. The molecule has 0 aromatic carbocycles. The number of allylic oxidation sites excluding steroid dienone is 1. The average molecular weight is 268 g/mol. The highest BCUT2D eigenvalue weighted by molar-refractivity contribution is 5.87. The maximum Gasteiger partial charge on any atom is 0.347 e. The number of cyclic esters (lactones) is 1. The minimum absolute atomic E-state index is 0.0217. The van der Waals surface area contributed by atoms with Crippen molar-refractivity contribution in [3.63, 3.8) is 0 Å². The molecule has 0 saturated carbocycles. The van der Waals surface area contributed by atoms with Crippen molar-refractivity contribution in [3.05, 3.63) is 24.5 Å². The summed E-state index contributed by atoms with van der Waals surface area (Å²) in [7, 11) is 0. The van der Waals surface area contributed by atoms with Gasteiger partial charge in [-0.15, -0.1) is 0 Å². The SMILES string of the molecule is C=C(CCC(=O)OC1CCOC1=O)OC(=O)C(=C)C. The topological polar surface area (TPSA) is 78.9 Å². The standard InChI is InChI=1S/C13H16O6/c1-8(2)12(15)18-9(3)4-5-11(14)19-10-6-7-17-13(10)16/h10H,1,3-7H2,2H3. The first-order valence-electron chi connectivity index (χ1n) is 5.81. The third-order valence-electron chi connectivity index (χ3n) is 2.35. The molecule has 0 bridgehead atoms. The third kappa shape index (κ3) is 4.95. The van der Waals surface area contributed by atoms with Gasteiger partial charge in [0.25, 0.3) is 0 Å². The van der Waals surface area contributed by atoms with Crippen LogP contribution in [0.15, 0.2) is 24.5 Å². The monoisotopic (exact) mass is 268 g/mol. The van der Waals surface area contributed by atoms with Crippen molar-refractivity contribution in [1.29, 1.82) is 0 Å². The van der Waals surface area contributed by atoms with E-state index in [9.17, 15) is 14.4 Å². The second kappa shape index (κ2) is 6.72. The molecule has 1 unspecified atom stereocenters. The van der Waals surface area contributed by atoms with Crippen LogP contribution in [-0.4, -0.2) is 30.6 Å². The number of hydrogen-bond acceptors (Lipinski definition) is 6. The van der Waals surface area contributed by atoms with Gasteiger partial charge >= 0.3 is 17.9 Å². The number of carbonyl (C=O) groups excluding carboxylic acids is 3. The van der Waals surface area contributed by atoms with Crippen molar-refractivity contribution < 1.29 is 28.6 Å². The predicted molar refractivity (Wildman–Crippen MR) is 64.7 cm³/mol. The molecule has 1 fully saturated rings. The summed E-state index contributed by atoms with van der Waals surface area (Å²) in [5.41, 5.74) is 0.248. The van der Waals surface area contributed by atoms with E-state index in [1.165, 1.54) is 6.92 Å². The summed E-state index contributed by atoms with van der Waals surface area (Å²) >= 11 is 0.